The summed E-state index contributed by atoms with van der Waals surface area (Å²) in [6.45, 7) is 0.281. The number of hydrogen-bond acceptors (Lipinski definition) is 4. The van der Waals surface area contributed by atoms with Gasteiger partial charge in [0.25, 0.3) is 6.43 Å². The van der Waals surface area contributed by atoms with Crippen molar-refractivity contribution in [3.05, 3.63) is 23.8 Å². The van der Waals surface area contributed by atoms with E-state index in [-0.39, 0.29) is 30.1 Å². The number of hydrogen-bond donors (Lipinski definition) is 3. The molecule has 1 rings (SSSR count). The molecule has 0 saturated carbocycles. The molecule has 17 heavy (non-hydrogen) atoms. The van der Waals surface area contributed by atoms with E-state index in [9.17, 15) is 13.9 Å². The zero-order valence-corrected chi connectivity index (χ0v) is 9.49. The van der Waals surface area contributed by atoms with Crippen LogP contribution in [0.2, 0.25) is 0 Å². The van der Waals surface area contributed by atoms with Crippen LogP contribution in [0.1, 0.15) is 12.0 Å². The number of anilines is 2. The highest BCUT2D eigenvalue weighted by Crippen LogP contribution is 2.28. The largest absolute Gasteiger partial charge is 0.399 e. The first-order valence-corrected chi connectivity index (χ1v) is 5.13. The maximum Gasteiger partial charge on any atom is 0.265 e. The van der Waals surface area contributed by atoms with Crippen molar-refractivity contribution >= 4 is 11.4 Å². The zero-order chi connectivity index (χ0) is 12.8. The van der Waals surface area contributed by atoms with Crippen molar-refractivity contribution in [1.29, 1.82) is 0 Å². The van der Waals surface area contributed by atoms with Crippen LogP contribution in [0.4, 0.5) is 20.2 Å². The molecule has 6 heteroatoms. The van der Waals surface area contributed by atoms with Gasteiger partial charge in [0.15, 0.2) is 0 Å². The van der Waals surface area contributed by atoms with Crippen molar-refractivity contribution < 1.29 is 18.6 Å². The van der Waals surface area contributed by atoms with Crippen molar-refractivity contribution in [2.24, 2.45) is 0 Å². The van der Waals surface area contributed by atoms with E-state index in [1.165, 1.54) is 25.3 Å². The number of halogens is 2. The quantitative estimate of drug-likeness (QED) is 0.667. The van der Waals surface area contributed by atoms with Gasteiger partial charge in [0, 0.05) is 30.6 Å². The number of aliphatic hydroxyl groups is 1. The number of alkyl halides is 2. The number of methoxy groups -OCH3 is 1. The van der Waals surface area contributed by atoms with Gasteiger partial charge in [-0.05, 0) is 18.2 Å². The summed E-state index contributed by atoms with van der Waals surface area (Å²) in [6, 6.07) is 4.21. The molecule has 4 nitrogen and oxygen atoms in total. The van der Waals surface area contributed by atoms with Gasteiger partial charge in [-0.1, -0.05) is 0 Å². The summed E-state index contributed by atoms with van der Waals surface area (Å²) in [5.41, 5.74) is 5.82. The summed E-state index contributed by atoms with van der Waals surface area (Å²) in [5, 5.41) is 12.1. The summed E-state index contributed by atoms with van der Waals surface area (Å²) < 4.78 is 30.1. The molecule has 0 aliphatic rings. The molecular weight excluding hydrogens is 230 g/mol. The minimum absolute atomic E-state index is 0.136. The van der Waals surface area contributed by atoms with Gasteiger partial charge in [-0.3, -0.25) is 0 Å². The number of benzene rings is 1. The Morgan fingerprint density at radius 3 is 2.76 bits per heavy atom. The summed E-state index contributed by atoms with van der Waals surface area (Å²) in [4.78, 5) is 0. The third kappa shape index (κ3) is 4.16. The molecule has 0 spiro atoms. The predicted octanol–water partition coefficient (Wildman–Crippen LogP) is 1.63. The lowest BCUT2D eigenvalue weighted by molar-refractivity contribution is 0.0726. The van der Waals surface area contributed by atoms with Crippen LogP contribution in [-0.4, -0.2) is 31.5 Å². The molecule has 96 valence electrons. The number of ether oxygens (including phenoxy) is 1. The number of nitrogens with one attached hydrogen (secondary N) is 1. The minimum atomic E-state index is -2.61. The standard InChI is InChI=1S/C11H16F2N2O2/c1-17-6-8(16)5-15-10-3-2-7(14)4-9(10)11(12)13/h2-4,8,11,15-16H,5-6,14H2,1H3. The van der Waals surface area contributed by atoms with Crippen molar-refractivity contribution in [1.82, 2.24) is 0 Å². The van der Waals surface area contributed by atoms with E-state index in [2.05, 4.69) is 5.32 Å². The predicted molar refractivity (Wildman–Crippen MR) is 62.2 cm³/mol. The van der Waals surface area contributed by atoms with Crippen LogP contribution in [0, 0.1) is 0 Å². The number of rotatable bonds is 6. The average Bonchev–Trinajstić information content (AvgIpc) is 2.27. The Bertz CT molecular complexity index is 361. The van der Waals surface area contributed by atoms with Crippen molar-refractivity contribution in [3.8, 4) is 0 Å². The second kappa shape index (κ2) is 6.36. The van der Waals surface area contributed by atoms with Crippen LogP contribution >= 0.6 is 0 Å². The van der Waals surface area contributed by atoms with E-state index in [1.54, 1.807) is 0 Å². The highest BCUT2D eigenvalue weighted by atomic mass is 19.3. The van der Waals surface area contributed by atoms with Gasteiger partial charge in [0.05, 0.1) is 12.7 Å². The second-order valence-corrected chi connectivity index (χ2v) is 3.64. The molecule has 0 amide bonds. The monoisotopic (exact) mass is 246 g/mol. The maximum absolute atomic E-state index is 12.7. The smallest absolute Gasteiger partial charge is 0.265 e. The molecule has 0 saturated heterocycles. The van der Waals surface area contributed by atoms with E-state index in [1.807, 2.05) is 0 Å². The van der Waals surface area contributed by atoms with Gasteiger partial charge in [-0.25, -0.2) is 8.78 Å². The van der Waals surface area contributed by atoms with Gasteiger partial charge < -0.3 is 20.9 Å². The Hall–Kier alpha value is -1.40. The first-order valence-electron chi connectivity index (χ1n) is 5.13. The lowest BCUT2D eigenvalue weighted by Crippen LogP contribution is -2.24. The summed E-state index contributed by atoms with van der Waals surface area (Å²) >= 11 is 0. The molecule has 1 atom stereocenters. The van der Waals surface area contributed by atoms with Crippen molar-refractivity contribution in [2.75, 3.05) is 31.3 Å². The Labute approximate surface area is 98.4 Å². The van der Waals surface area contributed by atoms with Crippen LogP contribution in [0.3, 0.4) is 0 Å². The summed E-state index contributed by atoms with van der Waals surface area (Å²) in [5.74, 6) is 0. The van der Waals surface area contributed by atoms with Gasteiger partial charge in [0.2, 0.25) is 0 Å². The Morgan fingerprint density at radius 2 is 2.18 bits per heavy atom. The summed E-state index contributed by atoms with van der Waals surface area (Å²) in [7, 11) is 1.46. The van der Waals surface area contributed by atoms with E-state index >= 15 is 0 Å². The van der Waals surface area contributed by atoms with E-state index < -0.39 is 12.5 Å². The minimum Gasteiger partial charge on any atom is -0.399 e. The van der Waals surface area contributed by atoms with Crippen LogP contribution in [0.25, 0.3) is 0 Å². The van der Waals surface area contributed by atoms with Crippen LogP contribution < -0.4 is 11.1 Å². The van der Waals surface area contributed by atoms with Gasteiger partial charge in [-0.15, -0.1) is 0 Å². The zero-order valence-electron chi connectivity index (χ0n) is 9.49. The van der Waals surface area contributed by atoms with Gasteiger partial charge in [0.1, 0.15) is 0 Å². The Kier molecular flexibility index (Phi) is 5.11. The topological polar surface area (TPSA) is 67.5 Å². The highest BCUT2D eigenvalue weighted by molar-refractivity contribution is 5.58. The van der Waals surface area contributed by atoms with Crippen molar-refractivity contribution in [3.63, 3.8) is 0 Å². The van der Waals surface area contributed by atoms with Crippen LogP contribution in [-0.2, 0) is 4.74 Å². The molecule has 0 fully saturated rings. The first-order chi connectivity index (χ1) is 8.04. The van der Waals surface area contributed by atoms with Gasteiger partial charge >= 0.3 is 0 Å². The first kappa shape index (κ1) is 13.7. The third-order valence-corrected chi connectivity index (χ3v) is 2.20. The average molecular weight is 246 g/mol. The Morgan fingerprint density at radius 1 is 1.47 bits per heavy atom. The molecule has 0 heterocycles. The molecule has 1 aromatic carbocycles. The second-order valence-electron chi connectivity index (χ2n) is 3.64. The Balaban J connectivity index is 2.70. The van der Waals surface area contributed by atoms with Crippen LogP contribution in [0.5, 0.6) is 0 Å². The number of nitrogens with two attached hydrogens (primary N) is 1. The lowest BCUT2D eigenvalue weighted by atomic mass is 10.1. The van der Waals surface area contributed by atoms with Crippen molar-refractivity contribution in [2.45, 2.75) is 12.5 Å². The molecule has 1 aromatic rings. The van der Waals surface area contributed by atoms with E-state index in [4.69, 9.17) is 10.5 Å². The molecule has 1 unspecified atom stereocenters. The molecule has 0 radical (unpaired) electrons. The fourth-order valence-electron chi connectivity index (χ4n) is 1.40. The van der Waals surface area contributed by atoms with Gasteiger partial charge in [-0.2, -0.15) is 0 Å². The van der Waals surface area contributed by atoms with E-state index in [0.717, 1.165) is 0 Å². The lowest BCUT2D eigenvalue weighted by Gasteiger charge is -2.15. The fourth-order valence-corrected chi connectivity index (χ4v) is 1.40. The van der Waals surface area contributed by atoms with Crippen LogP contribution in [0.15, 0.2) is 18.2 Å². The van der Waals surface area contributed by atoms with E-state index in [0.29, 0.717) is 0 Å². The molecule has 0 aromatic heterocycles. The number of nitrogen functional groups attached to an aromatic ring is 1. The molecule has 4 N–H and O–H groups in total. The maximum atomic E-state index is 12.7. The third-order valence-electron chi connectivity index (χ3n) is 2.20. The number of aliphatic hydroxyl groups excluding tert-OH is 1. The molecule has 0 bridgehead atoms. The highest BCUT2D eigenvalue weighted by Gasteiger charge is 2.14. The molecular formula is C11H16F2N2O2. The fraction of sp³-hybridized carbons (Fsp3) is 0.455. The molecule has 0 aliphatic heterocycles. The molecule has 0 aliphatic carbocycles. The normalized spacial score (nSPS) is 12.8. The summed E-state index contributed by atoms with van der Waals surface area (Å²) in [6.07, 6.45) is -3.36. The SMILES string of the molecule is COCC(O)CNc1ccc(N)cc1C(F)F.